The second-order valence-corrected chi connectivity index (χ2v) is 4.73. The molecule has 0 saturated heterocycles. The summed E-state index contributed by atoms with van der Waals surface area (Å²) in [4.78, 5) is 12.5. The highest BCUT2D eigenvalue weighted by Crippen LogP contribution is 2.27. The Morgan fingerprint density at radius 2 is 1.91 bits per heavy atom. The molecule has 3 rings (SSSR count). The fraction of sp³-hybridized carbons (Fsp3) is 0.0588. The average Bonchev–Trinajstić information content (AvgIpc) is 3.06. The molecule has 0 fully saturated rings. The van der Waals surface area contributed by atoms with Crippen molar-refractivity contribution in [2.75, 3.05) is 12.4 Å². The first-order valence-electron chi connectivity index (χ1n) is 6.84. The van der Waals surface area contributed by atoms with Crippen molar-refractivity contribution in [2.45, 2.75) is 0 Å². The number of amides is 1. The summed E-state index contributed by atoms with van der Waals surface area (Å²) in [5.74, 6) is 0.0568. The molecule has 1 N–H and O–H groups in total. The molecule has 23 heavy (non-hydrogen) atoms. The molecule has 3 aromatic rings. The van der Waals surface area contributed by atoms with Crippen LogP contribution in [0.15, 0.2) is 59.3 Å². The molecule has 0 unspecified atom stereocenters. The van der Waals surface area contributed by atoms with Gasteiger partial charge in [-0.15, -0.1) is 0 Å². The Morgan fingerprint density at radius 3 is 2.65 bits per heavy atom. The molecule has 1 amide bonds. The number of carbonyl (C=O) groups is 1. The van der Waals surface area contributed by atoms with Crippen molar-refractivity contribution in [3.8, 4) is 17.1 Å². The van der Waals surface area contributed by atoms with Crippen LogP contribution >= 0.6 is 0 Å². The van der Waals surface area contributed by atoms with Gasteiger partial charge in [0.1, 0.15) is 17.1 Å². The summed E-state index contributed by atoms with van der Waals surface area (Å²) in [5, 5.41) is 6.41. The van der Waals surface area contributed by atoms with E-state index in [9.17, 15) is 9.18 Å². The standard InChI is InChI=1S/C17H13FN2O3/c1-22-15-5-3-2-4-14(15)20-17(21)13-10-19-23-16(13)11-6-8-12(18)9-7-11/h2-10H,1H3,(H,20,21). The molecule has 0 aliphatic heterocycles. The monoisotopic (exact) mass is 312 g/mol. The van der Waals surface area contributed by atoms with Gasteiger partial charge in [-0.2, -0.15) is 0 Å². The van der Waals surface area contributed by atoms with E-state index in [1.165, 1.54) is 37.6 Å². The fourth-order valence-corrected chi connectivity index (χ4v) is 2.15. The Balaban J connectivity index is 1.89. The SMILES string of the molecule is COc1ccccc1NC(=O)c1cnoc1-c1ccc(F)cc1. The van der Waals surface area contributed by atoms with Crippen molar-refractivity contribution in [1.29, 1.82) is 0 Å². The Morgan fingerprint density at radius 1 is 1.17 bits per heavy atom. The van der Waals surface area contributed by atoms with Crippen molar-refractivity contribution < 1.29 is 18.4 Å². The minimum Gasteiger partial charge on any atom is -0.495 e. The number of nitrogens with one attached hydrogen (secondary N) is 1. The maximum atomic E-state index is 13.0. The molecule has 2 aromatic carbocycles. The first kappa shape index (κ1) is 14.8. The molecular weight excluding hydrogens is 299 g/mol. The predicted octanol–water partition coefficient (Wildman–Crippen LogP) is 3.74. The van der Waals surface area contributed by atoms with Gasteiger partial charge < -0.3 is 14.6 Å². The highest BCUT2D eigenvalue weighted by molar-refractivity contribution is 6.08. The zero-order valence-corrected chi connectivity index (χ0v) is 12.2. The highest BCUT2D eigenvalue weighted by Gasteiger charge is 2.19. The van der Waals surface area contributed by atoms with E-state index in [1.54, 1.807) is 24.3 Å². The van der Waals surface area contributed by atoms with Gasteiger partial charge in [-0.25, -0.2) is 4.39 Å². The minimum absolute atomic E-state index is 0.252. The van der Waals surface area contributed by atoms with E-state index in [-0.39, 0.29) is 17.1 Å². The van der Waals surface area contributed by atoms with Gasteiger partial charge in [0.15, 0.2) is 5.76 Å². The number of benzene rings is 2. The molecule has 0 aliphatic rings. The van der Waals surface area contributed by atoms with E-state index in [4.69, 9.17) is 9.26 Å². The molecule has 1 aromatic heterocycles. The normalized spacial score (nSPS) is 10.3. The largest absolute Gasteiger partial charge is 0.495 e. The molecule has 0 aliphatic carbocycles. The van der Waals surface area contributed by atoms with Gasteiger partial charge >= 0.3 is 0 Å². The number of rotatable bonds is 4. The number of hydrogen-bond acceptors (Lipinski definition) is 4. The number of halogens is 1. The smallest absolute Gasteiger partial charge is 0.261 e. The summed E-state index contributed by atoms with van der Waals surface area (Å²) < 4.78 is 23.4. The third kappa shape index (κ3) is 3.06. The molecule has 0 bridgehead atoms. The van der Waals surface area contributed by atoms with Crippen LogP contribution in [0.4, 0.5) is 10.1 Å². The molecular formula is C17H13FN2O3. The summed E-state index contributed by atoms with van der Waals surface area (Å²) in [6.07, 6.45) is 1.32. The molecule has 1 heterocycles. The van der Waals surface area contributed by atoms with E-state index >= 15 is 0 Å². The minimum atomic E-state index is -0.393. The van der Waals surface area contributed by atoms with Crippen molar-refractivity contribution >= 4 is 11.6 Å². The number of ether oxygens (including phenoxy) is 1. The van der Waals surface area contributed by atoms with E-state index in [1.807, 2.05) is 0 Å². The lowest BCUT2D eigenvalue weighted by atomic mass is 10.1. The number of aromatic nitrogens is 1. The number of carbonyl (C=O) groups excluding carboxylic acids is 1. The summed E-state index contributed by atoms with van der Waals surface area (Å²) in [6.45, 7) is 0. The molecule has 116 valence electrons. The van der Waals surface area contributed by atoms with Crippen molar-refractivity contribution in [2.24, 2.45) is 0 Å². The van der Waals surface area contributed by atoms with Crippen LogP contribution in [0.3, 0.4) is 0 Å². The van der Waals surface area contributed by atoms with Gasteiger partial charge in [0.05, 0.1) is 19.0 Å². The molecule has 0 spiro atoms. The third-order valence-electron chi connectivity index (χ3n) is 3.28. The zero-order valence-electron chi connectivity index (χ0n) is 12.2. The van der Waals surface area contributed by atoms with E-state index in [0.717, 1.165) is 0 Å². The summed E-state index contributed by atoms with van der Waals surface area (Å²) in [7, 11) is 1.52. The number of nitrogens with zero attached hydrogens (tertiary/aromatic N) is 1. The Labute approximate surface area is 131 Å². The lowest BCUT2D eigenvalue weighted by molar-refractivity contribution is 0.102. The second-order valence-electron chi connectivity index (χ2n) is 4.73. The third-order valence-corrected chi connectivity index (χ3v) is 3.28. The molecule has 0 radical (unpaired) electrons. The number of methoxy groups -OCH3 is 1. The van der Waals surface area contributed by atoms with Crippen molar-refractivity contribution in [1.82, 2.24) is 5.16 Å². The first-order valence-corrected chi connectivity index (χ1v) is 6.84. The lowest BCUT2D eigenvalue weighted by Gasteiger charge is -2.09. The number of hydrogen-bond donors (Lipinski definition) is 1. The van der Waals surface area contributed by atoms with Gasteiger partial charge in [0.2, 0.25) is 0 Å². The van der Waals surface area contributed by atoms with Crippen molar-refractivity contribution in [3.63, 3.8) is 0 Å². The molecule has 6 heteroatoms. The Kier molecular flexibility index (Phi) is 4.05. The summed E-state index contributed by atoms with van der Waals surface area (Å²) >= 11 is 0. The van der Waals surface area contributed by atoms with Crippen LogP contribution in [0, 0.1) is 5.82 Å². The highest BCUT2D eigenvalue weighted by atomic mass is 19.1. The fourth-order valence-electron chi connectivity index (χ4n) is 2.15. The first-order chi connectivity index (χ1) is 11.2. The Bertz CT molecular complexity index is 828. The van der Waals surface area contributed by atoms with Gasteiger partial charge in [-0.05, 0) is 36.4 Å². The molecule has 0 atom stereocenters. The molecule has 5 nitrogen and oxygen atoms in total. The van der Waals surface area contributed by atoms with E-state index < -0.39 is 5.91 Å². The summed E-state index contributed by atoms with van der Waals surface area (Å²) in [5.41, 5.74) is 1.35. The zero-order chi connectivity index (χ0) is 16.2. The van der Waals surface area contributed by atoms with Gasteiger partial charge in [-0.3, -0.25) is 4.79 Å². The quantitative estimate of drug-likeness (QED) is 0.797. The van der Waals surface area contributed by atoms with Gasteiger partial charge in [-0.1, -0.05) is 17.3 Å². The van der Waals surface area contributed by atoms with E-state index in [2.05, 4.69) is 10.5 Å². The van der Waals surface area contributed by atoms with Crippen LogP contribution < -0.4 is 10.1 Å². The average molecular weight is 312 g/mol. The van der Waals surface area contributed by atoms with Crippen LogP contribution in [0.1, 0.15) is 10.4 Å². The predicted molar refractivity (Wildman–Crippen MR) is 82.8 cm³/mol. The topological polar surface area (TPSA) is 64.4 Å². The summed E-state index contributed by atoms with van der Waals surface area (Å²) in [6, 6.07) is 12.7. The Hall–Kier alpha value is -3.15. The van der Waals surface area contributed by atoms with Gasteiger partial charge in [0.25, 0.3) is 5.91 Å². The van der Waals surface area contributed by atoms with Crippen LogP contribution in [-0.2, 0) is 0 Å². The maximum absolute atomic E-state index is 13.0. The molecule has 0 saturated carbocycles. The van der Waals surface area contributed by atoms with E-state index in [0.29, 0.717) is 17.0 Å². The van der Waals surface area contributed by atoms with Crippen LogP contribution in [0.25, 0.3) is 11.3 Å². The number of anilines is 1. The van der Waals surface area contributed by atoms with Crippen LogP contribution in [-0.4, -0.2) is 18.2 Å². The lowest BCUT2D eigenvalue weighted by Crippen LogP contribution is -2.12. The van der Waals surface area contributed by atoms with Crippen LogP contribution in [0.2, 0.25) is 0 Å². The van der Waals surface area contributed by atoms with Crippen molar-refractivity contribution in [3.05, 3.63) is 66.1 Å². The second kappa shape index (κ2) is 6.31. The maximum Gasteiger partial charge on any atom is 0.261 e. The van der Waals surface area contributed by atoms with Gasteiger partial charge in [0, 0.05) is 5.56 Å². The van der Waals surface area contributed by atoms with Crippen LogP contribution in [0.5, 0.6) is 5.75 Å². The number of para-hydroxylation sites is 2.